The van der Waals surface area contributed by atoms with Gasteiger partial charge in [-0.25, -0.2) is 16.8 Å². The van der Waals surface area contributed by atoms with Crippen molar-refractivity contribution in [1.82, 2.24) is 4.57 Å². The number of benzene rings is 3. The van der Waals surface area contributed by atoms with Gasteiger partial charge in [0, 0.05) is 18.4 Å². The Kier molecular flexibility index (Phi) is 7.36. The number of sulfone groups is 1. The molecule has 0 aliphatic carbocycles. The molecule has 0 N–H and O–H groups in total. The fourth-order valence-electron chi connectivity index (χ4n) is 3.75. The van der Waals surface area contributed by atoms with Crippen molar-refractivity contribution >= 4 is 53.0 Å². The molecule has 0 spiro atoms. The number of hydrogen-bond acceptors (Lipinski definition) is 6. The fraction of sp³-hybridized carbons (Fsp3) is 0.154. The lowest BCUT2D eigenvalue weighted by molar-refractivity contribution is 0.0997. The third-order valence-electron chi connectivity index (χ3n) is 5.55. The van der Waals surface area contributed by atoms with Crippen LogP contribution >= 0.6 is 11.3 Å². The molecule has 0 fully saturated rings. The lowest BCUT2D eigenvalue weighted by Gasteiger charge is -2.22. The van der Waals surface area contributed by atoms with Crippen LogP contribution in [-0.2, 0) is 26.4 Å². The van der Waals surface area contributed by atoms with Gasteiger partial charge in [-0.2, -0.15) is 4.99 Å². The maximum absolute atomic E-state index is 13.2. The van der Waals surface area contributed by atoms with Crippen LogP contribution in [0.4, 0.5) is 5.69 Å². The van der Waals surface area contributed by atoms with E-state index in [1.165, 1.54) is 40.7 Å². The number of nitrogens with zero attached hydrogens (tertiary/aromatic N) is 3. The molecule has 1 amide bonds. The van der Waals surface area contributed by atoms with Crippen LogP contribution in [0.1, 0.15) is 17.3 Å². The van der Waals surface area contributed by atoms with Gasteiger partial charge >= 0.3 is 0 Å². The fourth-order valence-corrected chi connectivity index (χ4v) is 7.01. The molecule has 0 atom stereocenters. The van der Waals surface area contributed by atoms with E-state index in [0.717, 1.165) is 17.6 Å². The van der Waals surface area contributed by atoms with Crippen molar-refractivity contribution in [2.45, 2.75) is 23.3 Å². The number of para-hydroxylation sites is 1. The summed E-state index contributed by atoms with van der Waals surface area (Å²) in [6.07, 6.45) is 6.63. The number of fused-ring (bicyclic) bond motifs is 1. The van der Waals surface area contributed by atoms with Crippen LogP contribution < -0.4 is 9.11 Å². The molecule has 37 heavy (non-hydrogen) atoms. The molecule has 0 aliphatic heterocycles. The number of sulfonamides is 1. The molecular formula is C26H23N3O5S3. The van der Waals surface area contributed by atoms with E-state index in [1.54, 1.807) is 41.8 Å². The SMILES string of the molecule is C#CCn1c(=NC(=O)c2ccc(S(=O)(=O)N(CC)c3ccccc3)cc2)sc2cc(S(C)(=O)=O)ccc21. The summed E-state index contributed by atoms with van der Waals surface area (Å²) in [5.74, 6) is 1.94. The number of rotatable bonds is 7. The van der Waals surface area contributed by atoms with Crippen molar-refractivity contribution in [2.75, 3.05) is 17.1 Å². The number of anilines is 1. The van der Waals surface area contributed by atoms with Gasteiger partial charge in [0.15, 0.2) is 14.6 Å². The standard InChI is InChI=1S/C26H23N3O5S3/c1-4-17-28-23-16-15-22(36(3,31)32)18-24(23)35-26(28)27-25(30)19-11-13-21(14-12-19)37(33,34)29(5-2)20-9-7-6-8-10-20/h1,6-16,18H,5,17H2,2-3H3. The molecule has 190 valence electrons. The first-order valence-electron chi connectivity index (χ1n) is 11.1. The zero-order valence-corrected chi connectivity index (χ0v) is 22.5. The highest BCUT2D eigenvalue weighted by atomic mass is 32.2. The predicted octanol–water partition coefficient (Wildman–Crippen LogP) is 3.70. The Bertz CT molecular complexity index is 1800. The van der Waals surface area contributed by atoms with Crippen LogP contribution in [0.2, 0.25) is 0 Å². The average Bonchev–Trinajstić information content (AvgIpc) is 3.21. The summed E-state index contributed by atoms with van der Waals surface area (Å²) in [6, 6.07) is 19.0. The highest BCUT2D eigenvalue weighted by Crippen LogP contribution is 2.24. The van der Waals surface area contributed by atoms with Gasteiger partial charge in [-0.3, -0.25) is 9.10 Å². The van der Waals surface area contributed by atoms with Gasteiger partial charge in [0.2, 0.25) is 0 Å². The van der Waals surface area contributed by atoms with Gasteiger partial charge < -0.3 is 4.57 Å². The van der Waals surface area contributed by atoms with E-state index >= 15 is 0 Å². The van der Waals surface area contributed by atoms with Crippen molar-refractivity contribution in [1.29, 1.82) is 0 Å². The Morgan fingerprint density at radius 2 is 1.65 bits per heavy atom. The molecule has 0 saturated carbocycles. The summed E-state index contributed by atoms with van der Waals surface area (Å²) in [5.41, 5.74) is 1.40. The van der Waals surface area contributed by atoms with Crippen LogP contribution in [0.5, 0.6) is 0 Å². The Morgan fingerprint density at radius 1 is 1.00 bits per heavy atom. The second kappa shape index (κ2) is 10.3. The molecular weight excluding hydrogens is 531 g/mol. The van der Waals surface area contributed by atoms with E-state index in [2.05, 4.69) is 10.9 Å². The zero-order chi connectivity index (χ0) is 26.8. The third kappa shape index (κ3) is 5.36. The minimum absolute atomic E-state index is 0.0484. The van der Waals surface area contributed by atoms with Gasteiger partial charge in [0.25, 0.3) is 15.9 Å². The summed E-state index contributed by atoms with van der Waals surface area (Å²) in [5, 5.41) is 0. The van der Waals surface area contributed by atoms with Crippen LogP contribution in [-0.4, -0.2) is 40.1 Å². The molecule has 0 saturated heterocycles. The summed E-state index contributed by atoms with van der Waals surface area (Å²) < 4.78 is 53.8. The van der Waals surface area contributed by atoms with Crippen LogP contribution in [0.15, 0.2) is 87.6 Å². The molecule has 8 nitrogen and oxygen atoms in total. The topological polar surface area (TPSA) is 106 Å². The quantitative estimate of drug-likeness (QED) is 0.325. The van der Waals surface area contributed by atoms with Crippen molar-refractivity contribution in [2.24, 2.45) is 4.99 Å². The van der Waals surface area contributed by atoms with Gasteiger partial charge in [-0.05, 0) is 61.5 Å². The monoisotopic (exact) mass is 553 g/mol. The molecule has 0 aliphatic rings. The number of carbonyl (C=O) groups is 1. The zero-order valence-electron chi connectivity index (χ0n) is 20.0. The smallest absolute Gasteiger partial charge is 0.279 e. The number of thiazole rings is 1. The second-order valence-electron chi connectivity index (χ2n) is 8.02. The first-order valence-corrected chi connectivity index (χ1v) is 15.2. The second-order valence-corrected chi connectivity index (χ2v) is 12.9. The average molecular weight is 554 g/mol. The maximum atomic E-state index is 13.2. The van der Waals surface area contributed by atoms with E-state index in [4.69, 9.17) is 6.42 Å². The lowest BCUT2D eigenvalue weighted by atomic mass is 10.2. The molecule has 1 heterocycles. The number of aromatic nitrogens is 1. The van der Waals surface area contributed by atoms with E-state index in [9.17, 15) is 21.6 Å². The highest BCUT2D eigenvalue weighted by Gasteiger charge is 2.23. The molecule has 4 aromatic rings. The van der Waals surface area contributed by atoms with Gasteiger partial charge in [-0.15, -0.1) is 6.42 Å². The van der Waals surface area contributed by atoms with Gasteiger partial charge in [0.05, 0.1) is 32.2 Å². The Morgan fingerprint density at radius 3 is 2.24 bits per heavy atom. The normalized spacial score (nSPS) is 12.4. The summed E-state index contributed by atoms with van der Waals surface area (Å²) in [7, 11) is -7.25. The molecule has 1 aromatic heterocycles. The molecule has 0 unspecified atom stereocenters. The third-order valence-corrected chi connectivity index (χ3v) is 9.62. The minimum atomic E-state index is -3.84. The maximum Gasteiger partial charge on any atom is 0.279 e. The highest BCUT2D eigenvalue weighted by molar-refractivity contribution is 7.92. The van der Waals surface area contributed by atoms with Gasteiger partial charge in [-0.1, -0.05) is 35.5 Å². The number of carbonyl (C=O) groups excluding carboxylic acids is 1. The van der Waals surface area contributed by atoms with Crippen LogP contribution in [0.25, 0.3) is 10.2 Å². The molecule has 0 bridgehead atoms. The molecule has 0 radical (unpaired) electrons. The molecule has 3 aromatic carbocycles. The van der Waals surface area contributed by atoms with Gasteiger partial charge in [0.1, 0.15) is 0 Å². The van der Waals surface area contributed by atoms with E-state index in [0.29, 0.717) is 20.7 Å². The van der Waals surface area contributed by atoms with E-state index in [-0.39, 0.29) is 28.4 Å². The van der Waals surface area contributed by atoms with Crippen molar-refractivity contribution in [3.05, 3.63) is 83.2 Å². The Hall–Kier alpha value is -3.72. The largest absolute Gasteiger partial charge is 0.305 e. The van der Waals surface area contributed by atoms with Crippen molar-refractivity contribution < 1.29 is 21.6 Å². The van der Waals surface area contributed by atoms with Crippen LogP contribution in [0, 0.1) is 12.3 Å². The first kappa shape index (κ1) is 26.3. The Balaban J connectivity index is 1.70. The van der Waals surface area contributed by atoms with Crippen LogP contribution in [0.3, 0.4) is 0 Å². The summed E-state index contributed by atoms with van der Waals surface area (Å²) in [4.78, 5) is 17.7. The molecule has 4 rings (SSSR count). The summed E-state index contributed by atoms with van der Waals surface area (Å²) in [6.45, 7) is 2.12. The van der Waals surface area contributed by atoms with Crippen molar-refractivity contribution in [3.63, 3.8) is 0 Å². The first-order chi connectivity index (χ1) is 17.6. The minimum Gasteiger partial charge on any atom is -0.305 e. The van der Waals surface area contributed by atoms with E-state index in [1.807, 2.05) is 6.07 Å². The number of amides is 1. The van der Waals surface area contributed by atoms with E-state index < -0.39 is 25.8 Å². The molecule has 11 heteroatoms. The Labute approximate surface area is 219 Å². The predicted molar refractivity (Wildman–Crippen MR) is 145 cm³/mol. The number of terminal acetylenes is 1. The summed E-state index contributed by atoms with van der Waals surface area (Å²) >= 11 is 1.14. The number of hydrogen-bond donors (Lipinski definition) is 0. The lowest BCUT2D eigenvalue weighted by Crippen LogP contribution is -2.30. The van der Waals surface area contributed by atoms with Crippen molar-refractivity contribution in [3.8, 4) is 12.3 Å².